The molecule has 0 aliphatic carbocycles. The van der Waals surface area contributed by atoms with Gasteiger partial charge in [-0.1, -0.05) is 36.8 Å². The average Bonchev–Trinajstić information content (AvgIpc) is 2.32. The molecule has 1 aliphatic rings. The molecule has 2 rings (SSSR count). The second-order valence-corrected chi connectivity index (χ2v) is 5.31. The van der Waals surface area contributed by atoms with Crippen molar-refractivity contribution in [2.24, 2.45) is 5.92 Å². The van der Waals surface area contributed by atoms with Crippen LogP contribution >= 0.6 is 0 Å². The fourth-order valence-electron chi connectivity index (χ4n) is 2.45. The molecule has 1 heterocycles. The lowest BCUT2D eigenvalue weighted by Crippen LogP contribution is -2.50. The Hall–Kier alpha value is -1.35. The fraction of sp³-hybridized carbons (Fsp3) is 0.533. The van der Waals surface area contributed by atoms with Gasteiger partial charge in [-0.05, 0) is 31.4 Å². The Labute approximate surface area is 109 Å². The maximum Gasteiger partial charge on any atom is 0.224 e. The van der Waals surface area contributed by atoms with Gasteiger partial charge in [0.2, 0.25) is 5.91 Å². The third kappa shape index (κ3) is 3.57. The van der Waals surface area contributed by atoms with Crippen LogP contribution in [-0.4, -0.2) is 25.0 Å². The molecule has 3 nitrogen and oxygen atoms in total. The summed E-state index contributed by atoms with van der Waals surface area (Å²) < 4.78 is 0. The van der Waals surface area contributed by atoms with Crippen LogP contribution in [0.15, 0.2) is 24.3 Å². The Morgan fingerprint density at radius 1 is 1.50 bits per heavy atom. The van der Waals surface area contributed by atoms with Crippen LogP contribution in [-0.2, 0) is 11.2 Å². The van der Waals surface area contributed by atoms with Crippen LogP contribution < -0.4 is 10.6 Å². The van der Waals surface area contributed by atoms with Crippen molar-refractivity contribution < 1.29 is 4.79 Å². The van der Waals surface area contributed by atoms with Gasteiger partial charge in [-0.25, -0.2) is 0 Å². The lowest BCUT2D eigenvalue weighted by Gasteiger charge is -2.30. The summed E-state index contributed by atoms with van der Waals surface area (Å²) in [6.07, 6.45) is 1.61. The van der Waals surface area contributed by atoms with E-state index in [9.17, 15) is 4.79 Å². The molecule has 1 saturated heterocycles. The Bertz CT molecular complexity index is 417. The Morgan fingerprint density at radius 2 is 2.33 bits per heavy atom. The zero-order valence-electron chi connectivity index (χ0n) is 11.2. The van der Waals surface area contributed by atoms with E-state index in [1.165, 1.54) is 5.56 Å². The van der Waals surface area contributed by atoms with Gasteiger partial charge < -0.3 is 10.6 Å². The molecule has 98 valence electrons. The monoisotopic (exact) mass is 246 g/mol. The molecule has 3 heteroatoms. The van der Waals surface area contributed by atoms with E-state index in [-0.39, 0.29) is 11.9 Å². The number of rotatable bonds is 3. The molecular formula is C15H22N2O. The minimum atomic E-state index is 0.126. The quantitative estimate of drug-likeness (QED) is 0.851. The number of benzene rings is 1. The molecule has 1 fully saturated rings. The van der Waals surface area contributed by atoms with Gasteiger partial charge >= 0.3 is 0 Å². The first-order valence-electron chi connectivity index (χ1n) is 6.71. The number of hydrogen-bond donors (Lipinski definition) is 2. The van der Waals surface area contributed by atoms with Crippen molar-refractivity contribution in [3.8, 4) is 0 Å². The predicted molar refractivity (Wildman–Crippen MR) is 73.5 cm³/mol. The summed E-state index contributed by atoms with van der Waals surface area (Å²) in [5.74, 6) is 0.689. The molecule has 18 heavy (non-hydrogen) atoms. The van der Waals surface area contributed by atoms with Gasteiger partial charge in [0.1, 0.15) is 0 Å². The summed E-state index contributed by atoms with van der Waals surface area (Å²) >= 11 is 0. The molecule has 0 saturated carbocycles. The van der Waals surface area contributed by atoms with Crippen LogP contribution in [0, 0.1) is 12.8 Å². The van der Waals surface area contributed by atoms with E-state index in [1.54, 1.807) is 0 Å². The molecule has 0 radical (unpaired) electrons. The summed E-state index contributed by atoms with van der Waals surface area (Å²) in [7, 11) is 0. The Balaban J connectivity index is 1.88. The van der Waals surface area contributed by atoms with E-state index >= 15 is 0 Å². The first kappa shape index (κ1) is 13.1. The van der Waals surface area contributed by atoms with Gasteiger partial charge in [0.15, 0.2) is 0 Å². The maximum absolute atomic E-state index is 12.0. The third-order valence-electron chi connectivity index (χ3n) is 3.62. The van der Waals surface area contributed by atoms with Crippen LogP contribution in [0.5, 0.6) is 0 Å². The lowest BCUT2D eigenvalue weighted by molar-refractivity contribution is -0.121. The van der Waals surface area contributed by atoms with Gasteiger partial charge in [0.05, 0.1) is 6.42 Å². The summed E-state index contributed by atoms with van der Waals surface area (Å²) in [6.45, 7) is 6.21. The van der Waals surface area contributed by atoms with Crippen molar-refractivity contribution >= 4 is 5.91 Å². The highest BCUT2D eigenvalue weighted by atomic mass is 16.1. The standard InChI is InChI=1S/C15H22N2O/c1-11-4-3-5-13(8-11)9-15(18)17-14-10-16-7-6-12(14)2/h3-5,8,12,14,16H,6-7,9-10H2,1-2H3,(H,17,18)/t12-,14-/m1/s1. The van der Waals surface area contributed by atoms with Gasteiger partial charge in [-0.15, -0.1) is 0 Å². The van der Waals surface area contributed by atoms with Crippen molar-refractivity contribution in [1.82, 2.24) is 10.6 Å². The molecule has 1 aromatic rings. The van der Waals surface area contributed by atoms with Gasteiger partial charge in [-0.2, -0.15) is 0 Å². The molecule has 2 atom stereocenters. The smallest absolute Gasteiger partial charge is 0.224 e. The minimum absolute atomic E-state index is 0.126. The maximum atomic E-state index is 12.0. The first-order valence-corrected chi connectivity index (χ1v) is 6.71. The largest absolute Gasteiger partial charge is 0.352 e. The van der Waals surface area contributed by atoms with E-state index in [0.717, 1.165) is 25.1 Å². The minimum Gasteiger partial charge on any atom is -0.352 e. The van der Waals surface area contributed by atoms with Crippen molar-refractivity contribution in [1.29, 1.82) is 0 Å². The van der Waals surface area contributed by atoms with Gasteiger partial charge in [-0.3, -0.25) is 4.79 Å². The number of carbonyl (C=O) groups is 1. The van der Waals surface area contributed by atoms with Crippen LogP contribution in [0.3, 0.4) is 0 Å². The zero-order valence-corrected chi connectivity index (χ0v) is 11.2. The molecule has 0 spiro atoms. The van der Waals surface area contributed by atoms with E-state index in [2.05, 4.69) is 36.6 Å². The molecule has 1 aromatic carbocycles. The highest BCUT2D eigenvalue weighted by Crippen LogP contribution is 2.11. The Morgan fingerprint density at radius 3 is 3.06 bits per heavy atom. The summed E-state index contributed by atoms with van der Waals surface area (Å²) in [4.78, 5) is 12.0. The highest BCUT2D eigenvalue weighted by Gasteiger charge is 2.22. The van der Waals surface area contributed by atoms with Crippen LogP contribution in [0.2, 0.25) is 0 Å². The first-order chi connectivity index (χ1) is 8.65. The fourth-order valence-corrected chi connectivity index (χ4v) is 2.45. The summed E-state index contributed by atoms with van der Waals surface area (Å²) in [6, 6.07) is 8.41. The second kappa shape index (κ2) is 6.01. The van der Waals surface area contributed by atoms with E-state index < -0.39 is 0 Å². The summed E-state index contributed by atoms with van der Waals surface area (Å²) in [5.41, 5.74) is 2.29. The van der Waals surface area contributed by atoms with E-state index in [0.29, 0.717) is 12.3 Å². The highest BCUT2D eigenvalue weighted by molar-refractivity contribution is 5.79. The zero-order chi connectivity index (χ0) is 13.0. The molecule has 0 bridgehead atoms. The molecule has 1 amide bonds. The van der Waals surface area contributed by atoms with Crippen molar-refractivity contribution in [3.63, 3.8) is 0 Å². The number of nitrogens with one attached hydrogen (secondary N) is 2. The topological polar surface area (TPSA) is 41.1 Å². The molecule has 0 aromatic heterocycles. The third-order valence-corrected chi connectivity index (χ3v) is 3.62. The van der Waals surface area contributed by atoms with Crippen molar-refractivity contribution in [2.75, 3.05) is 13.1 Å². The van der Waals surface area contributed by atoms with Gasteiger partial charge in [0.25, 0.3) is 0 Å². The Kier molecular flexibility index (Phi) is 4.37. The normalized spacial score (nSPS) is 23.7. The van der Waals surface area contributed by atoms with Gasteiger partial charge in [0, 0.05) is 12.6 Å². The molecule has 2 N–H and O–H groups in total. The van der Waals surface area contributed by atoms with E-state index in [4.69, 9.17) is 0 Å². The lowest BCUT2D eigenvalue weighted by atomic mass is 9.94. The van der Waals surface area contributed by atoms with Crippen molar-refractivity contribution in [3.05, 3.63) is 35.4 Å². The number of aryl methyl sites for hydroxylation is 1. The van der Waals surface area contributed by atoms with Crippen LogP contribution in [0.4, 0.5) is 0 Å². The van der Waals surface area contributed by atoms with Crippen LogP contribution in [0.1, 0.15) is 24.5 Å². The number of amides is 1. The molecule has 1 aliphatic heterocycles. The number of piperidine rings is 1. The number of carbonyl (C=O) groups excluding carboxylic acids is 1. The SMILES string of the molecule is Cc1cccc(CC(=O)N[C@@H]2CNCC[C@H]2C)c1. The average molecular weight is 246 g/mol. The van der Waals surface area contributed by atoms with E-state index in [1.807, 2.05) is 12.1 Å². The second-order valence-electron chi connectivity index (χ2n) is 5.31. The van der Waals surface area contributed by atoms with Crippen molar-refractivity contribution in [2.45, 2.75) is 32.7 Å². The summed E-state index contributed by atoms with van der Waals surface area (Å²) in [5, 5.41) is 6.46. The molecular weight excluding hydrogens is 224 g/mol. The molecule has 0 unspecified atom stereocenters. The van der Waals surface area contributed by atoms with Crippen LogP contribution in [0.25, 0.3) is 0 Å². The number of hydrogen-bond acceptors (Lipinski definition) is 2. The predicted octanol–water partition coefficient (Wildman–Crippen LogP) is 1.65.